The molecule has 0 bridgehead atoms. The van der Waals surface area contributed by atoms with Crippen molar-refractivity contribution in [2.75, 3.05) is 26.2 Å². The topological polar surface area (TPSA) is 77.1 Å². The van der Waals surface area contributed by atoms with E-state index < -0.39 is 5.60 Å². The first-order chi connectivity index (χ1) is 11.7. The Balaban J connectivity index is 1.57. The van der Waals surface area contributed by atoms with Gasteiger partial charge in [-0.15, -0.1) is 0 Å². The molecule has 0 radical (unpaired) electrons. The van der Waals surface area contributed by atoms with Gasteiger partial charge in [-0.3, -0.25) is 9.69 Å². The number of nitrogens with zero attached hydrogens (tertiary/aromatic N) is 1. The summed E-state index contributed by atoms with van der Waals surface area (Å²) >= 11 is 0. The molecule has 25 heavy (non-hydrogen) atoms. The van der Waals surface area contributed by atoms with Crippen LogP contribution in [0.3, 0.4) is 0 Å². The number of alkyl carbamates (subject to hydrolysis) is 1. The number of amides is 1. The third-order valence-corrected chi connectivity index (χ3v) is 4.39. The standard InChI is InChI=1S/C18H32N2O5/c1-5-23-16(21)12-20-8-6-14(7-9-20)24-15-10-13(11-15)19-17(22)25-18(2,3)4/h13-15H,5-12H2,1-4H3,(H,19,22)/t13-,15-. The van der Waals surface area contributed by atoms with Crippen LogP contribution in [0.1, 0.15) is 53.4 Å². The van der Waals surface area contributed by atoms with Crippen LogP contribution in [0.15, 0.2) is 0 Å². The smallest absolute Gasteiger partial charge is 0.407 e. The third kappa shape index (κ3) is 7.20. The van der Waals surface area contributed by atoms with Crippen LogP contribution in [0.2, 0.25) is 0 Å². The number of nitrogens with one attached hydrogen (secondary N) is 1. The summed E-state index contributed by atoms with van der Waals surface area (Å²) < 4.78 is 16.3. The second kappa shape index (κ2) is 8.85. The molecule has 7 heteroatoms. The van der Waals surface area contributed by atoms with Crippen molar-refractivity contribution in [3.63, 3.8) is 0 Å². The predicted molar refractivity (Wildman–Crippen MR) is 93.4 cm³/mol. The lowest BCUT2D eigenvalue weighted by molar-refractivity contribution is -0.145. The lowest BCUT2D eigenvalue weighted by Crippen LogP contribution is -2.50. The first kappa shape index (κ1) is 20.0. The van der Waals surface area contributed by atoms with Crippen LogP contribution < -0.4 is 5.32 Å². The number of ether oxygens (including phenoxy) is 3. The van der Waals surface area contributed by atoms with E-state index in [0.717, 1.165) is 38.8 Å². The normalized spacial score (nSPS) is 25.1. The maximum atomic E-state index is 11.7. The molecule has 0 spiro atoms. The van der Waals surface area contributed by atoms with E-state index >= 15 is 0 Å². The van der Waals surface area contributed by atoms with E-state index in [2.05, 4.69) is 10.2 Å². The Morgan fingerprint density at radius 2 is 1.76 bits per heavy atom. The monoisotopic (exact) mass is 356 g/mol. The largest absolute Gasteiger partial charge is 0.465 e. The highest BCUT2D eigenvalue weighted by atomic mass is 16.6. The fourth-order valence-corrected chi connectivity index (χ4v) is 3.13. The summed E-state index contributed by atoms with van der Waals surface area (Å²) in [4.78, 5) is 25.3. The molecule has 1 saturated heterocycles. The van der Waals surface area contributed by atoms with Crippen molar-refractivity contribution >= 4 is 12.1 Å². The summed E-state index contributed by atoms with van der Waals surface area (Å²) in [5.41, 5.74) is -0.471. The van der Waals surface area contributed by atoms with Gasteiger partial charge < -0.3 is 19.5 Å². The number of carbonyl (C=O) groups excluding carboxylic acids is 2. The first-order valence-electron chi connectivity index (χ1n) is 9.28. The Kier molecular flexibility index (Phi) is 7.07. The van der Waals surface area contributed by atoms with Gasteiger partial charge in [-0.25, -0.2) is 4.79 Å². The second-order valence-corrected chi connectivity index (χ2v) is 7.85. The zero-order chi connectivity index (χ0) is 18.4. The summed E-state index contributed by atoms with van der Waals surface area (Å²) in [6, 6.07) is 0.142. The molecule has 0 aromatic heterocycles. The molecule has 1 N–H and O–H groups in total. The summed E-state index contributed by atoms with van der Waals surface area (Å²) in [6.45, 7) is 9.90. The van der Waals surface area contributed by atoms with Gasteiger partial charge in [0.1, 0.15) is 5.60 Å². The molecule has 1 aliphatic heterocycles. The maximum absolute atomic E-state index is 11.7. The number of hydrogen-bond donors (Lipinski definition) is 1. The van der Waals surface area contributed by atoms with Gasteiger partial charge in [0.15, 0.2) is 0 Å². The van der Waals surface area contributed by atoms with Gasteiger partial charge in [0, 0.05) is 19.1 Å². The van der Waals surface area contributed by atoms with Crippen molar-refractivity contribution in [2.24, 2.45) is 0 Å². The summed E-state index contributed by atoms with van der Waals surface area (Å²) in [6.07, 6.45) is 3.63. The van der Waals surface area contributed by atoms with Crippen LogP contribution >= 0.6 is 0 Å². The number of hydrogen-bond acceptors (Lipinski definition) is 6. The summed E-state index contributed by atoms with van der Waals surface area (Å²) in [5, 5.41) is 2.88. The molecule has 0 aromatic carbocycles. The summed E-state index contributed by atoms with van der Waals surface area (Å²) in [7, 11) is 0. The molecular weight excluding hydrogens is 324 g/mol. The number of rotatable bonds is 6. The lowest BCUT2D eigenvalue weighted by Gasteiger charge is -2.40. The van der Waals surface area contributed by atoms with Crippen molar-refractivity contribution in [1.82, 2.24) is 10.2 Å². The predicted octanol–water partition coefficient (Wildman–Crippen LogP) is 2.09. The Morgan fingerprint density at radius 1 is 1.12 bits per heavy atom. The molecule has 2 fully saturated rings. The van der Waals surface area contributed by atoms with Crippen LogP contribution in [-0.2, 0) is 19.0 Å². The molecule has 0 aromatic rings. The van der Waals surface area contributed by atoms with Crippen LogP contribution in [0.4, 0.5) is 4.79 Å². The first-order valence-corrected chi connectivity index (χ1v) is 9.28. The van der Waals surface area contributed by atoms with Crippen LogP contribution in [-0.4, -0.2) is 67.1 Å². The zero-order valence-electron chi connectivity index (χ0n) is 15.9. The van der Waals surface area contributed by atoms with Gasteiger partial charge in [0.2, 0.25) is 0 Å². The average molecular weight is 356 g/mol. The third-order valence-electron chi connectivity index (χ3n) is 4.39. The fraction of sp³-hybridized carbons (Fsp3) is 0.889. The lowest BCUT2D eigenvalue weighted by atomic mass is 9.89. The van der Waals surface area contributed by atoms with E-state index in [1.54, 1.807) is 0 Å². The Bertz CT molecular complexity index is 449. The molecule has 1 aliphatic carbocycles. The molecule has 1 heterocycles. The number of piperidine rings is 1. The van der Waals surface area contributed by atoms with E-state index in [1.807, 2.05) is 27.7 Å². The highest BCUT2D eigenvalue weighted by Gasteiger charge is 2.34. The van der Waals surface area contributed by atoms with Crippen molar-refractivity contribution in [3.8, 4) is 0 Å². The van der Waals surface area contributed by atoms with E-state index in [0.29, 0.717) is 13.2 Å². The van der Waals surface area contributed by atoms with E-state index in [-0.39, 0.29) is 30.3 Å². The molecular formula is C18H32N2O5. The number of likely N-dealkylation sites (tertiary alicyclic amines) is 1. The van der Waals surface area contributed by atoms with Gasteiger partial charge in [0.25, 0.3) is 0 Å². The van der Waals surface area contributed by atoms with Gasteiger partial charge in [-0.1, -0.05) is 0 Å². The van der Waals surface area contributed by atoms with Crippen molar-refractivity contribution in [1.29, 1.82) is 0 Å². The molecule has 7 nitrogen and oxygen atoms in total. The second-order valence-electron chi connectivity index (χ2n) is 7.85. The molecule has 2 rings (SSSR count). The van der Waals surface area contributed by atoms with Gasteiger partial charge in [-0.05, 0) is 53.4 Å². The highest BCUT2D eigenvalue weighted by molar-refractivity contribution is 5.71. The van der Waals surface area contributed by atoms with Crippen molar-refractivity contribution in [3.05, 3.63) is 0 Å². The van der Waals surface area contributed by atoms with Crippen molar-refractivity contribution in [2.45, 2.75) is 77.2 Å². The van der Waals surface area contributed by atoms with Gasteiger partial charge in [0.05, 0.1) is 25.4 Å². The van der Waals surface area contributed by atoms with Crippen LogP contribution in [0.25, 0.3) is 0 Å². The average Bonchev–Trinajstić information content (AvgIpc) is 2.45. The van der Waals surface area contributed by atoms with E-state index in [9.17, 15) is 9.59 Å². The maximum Gasteiger partial charge on any atom is 0.407 e. The molecule has 0 unspecified atom stereocenters. The zero-order valence-corrected chi connectivity index (χ0v) is 15.9. The fourth-order valence-electron chi connectivity index (χ4n) is 3.13. The Labute approximate surface area is 150 Å². The van der Waals surface area contributed by atoms with Crippen molar-refractivity contribution < 1.29 is 23.8 Å². The van der Waals surface area contributed by atoms with Gasteiger partial charge in [-0.2, -0.15) is 0 Å². The Morgan fingerprint density at radius 3 is 2.32 bits per heavy atom. The number of carbonyl (C=O) groups is 2. The minimum absolute atomic E-state index is 0.142. The highest BCUT2D eigenvalue weighted by Crippen LogP contribution is 2.27. The molecule has 1 amide bonds. The molecule has 2 aliphatic rings. The minimum Gasteiger partial charge on any atom is -0.465 e. The van der Waals surface area contributed by atoms with E-state index in [1.165, 1.54) is 0 Å². The Hall–Kier alpha value is -1.34. The summed E-state index contributed by atoms with van der Waals surface area (Å²) in [5.74, 6) is -0.156. The van der Waals surface area contributed by atoms with Crippen LogP contribution in [0.5, 0.6) is 0 Å². The molecule has 1 saturated carbocycles. The quantitative estimate of drug-likeness (QED) is 0.734. The SMILES string of the molecule is CCOC(=O)CN1CCC(O[C@H]2C[C@H](NC(=O)OC(C)(C)C)C2)CC1. The van der Waals surface area contributed by atoms with E-state index in [4.69, 9.17) is 14.2 Å². The molecule has 0 atom stereocenters. The molecule has 144 valence electrons. The van der Waals surface area contributed by atoms with Crippen LogP contribution in [0, 0.1) is 0 Å². The van der Waals surface area contributed by atoms with Gasteiger partial charge >= 0.3 is 12.1 Å². The minimum atomic E-state index is -0.471. The number of esters is 1.